The van der Waals surface area contributed by atoms with Crippen LogP contribution in [-0.4, -0.2) is 29.4 Å². The lowest BCUT2D eigenvalue weighted by atomic mass is 10.1. The summed E-state index contributed by atoms with van der Waals surface area (Å²) in [5.41, 5.74) is 1.26. The Balaban J connectivity index is 2.11. The van der Waals surface area contributed by atoms with E-state index in [0.29, 0.717) is 23.4 Å². The molecule has 0 fully saturated rings. The first-order valence-electron chi connectivity index (χ1n) is 5.70. The molecule has 0 unspecified atom stereocenters. The van der Waals surface area contributed by atoms with E-state index in [-0.39, 0.29) is 11.5 Å². The van der Waals surface area contributed by atoms with Gasteiger partial charge >= 0.3 is 0 Å². The van der Waals surface area contributed by atoms with Gasteiger partial charge in [0.15, 0.2) is 11.6 Å². The van der Waals surface area contributed by atoms with Crippen LogP contribution >= 0.6 is 11.8 Å². The summed E-state index contributed by atoms with van der Waals surface area (Å²) in [6, 6.07) is 4.69. The van der Waals surface area contributed by atoms with Crippen molar-refractivity contribution >= 4 is 28.3 Å². The van der Waals surface area contributed by atoms with Gasteiger partial charge in [0.2, 0.25) is 0 Å². The van der Waals surface area contributed by atoms with Gasteiger partial charge in [-0.15, -0.1) is 16.9 Å². The number of carbonyl (C=O) groups excluding carboxylic acids is 1. The molecule has 0 radical (unpaired) electrons. The van der Waals surface area contributed by atoms with Gasteiger partial charge in [-0.2, -0.15) is 5.10 Å². The molecule has 6 heteroatoms. The maximum atomic E-state index is 13.6. The van der Waals surface area contributed by atoms with Crippen molar-refractivity contribution < 1.29 is 13.9 Å². The highest BCUT2D eigenvalue weighted by atomic mass is 32.2. The average Bonchev–Trinajstić information content (AvgIpc) is 2.84. The van der Waals surface area contributed by atoms with Crippen LogP contribution in [0.15, 0.2) is 28.4 Å². The third-order valence-corrected chi connectivity index (χ3v) is 3.64. The van der Waals surface area contributed by atoms with Gasteiger partial charge in [0.05, 0.1) is 18.6 Å². The lowest BCUT2D eigenvalue weighted by Gasteiger charge is -2.08. The quantitative estimate of drug-likeness (QED) is 0.852. The summed E-state index contributed by atoms with van der Waals surface area (Å²) in [6.07, 6.45) is 0.498. The van der Waals surface area contributed by atoms with Crippen molar-refractivity contribution in [1.82, 2.24) is 0 Å². The third-order valence-electron chi connectivity index (χ3n) is 2.52. The molecule has 1 aromatic carbocycles. The molecule has 0 aromatic heterocycles. The molecule has 0 atom stereocenters. The minimum absolute atomic E-state index is 0.0875. The van der Waals surface area contributed by atoms with E-state index in [1.54, 1.807) is 12.1 Å². The number of nitrogens with zero attached hydrogens (tertiary/aromatic N) is 2. The Hall–Kier alpha value is -1.69. The number of methoxy groups -OCH3 is 1. The highest BCUT2D eigenvalue weighted by molar-refractivity contribution is 8.14. The van der Waals surface area contributed by atoms with Gasteiger partial charge in [-0.05, 0) is 19.1 Å². The monoisotopic (exact) mass is 280 g/mol. The molecule has 4 nitrogen and oxygen atoms in total. The normalized spacial score (nSPS) is 14.1. The number of ether oxygens (including phenoxy) is 1. The van der Waals surface area contributed by atoms with Crippen LogP contribution in [0, 0.1) is 5.82 Å². The molecule has 0 spiro atoms. The minimum Gasteiger partial charge on any atom is -0.493 e. The number of Topliss-reactive ketones (excluding diaryl/α,β-unsaturated/α-hetero) is 1. The van der Waals surface area contributed by atoms with Crippen LogP contribution in [0.1, 0.15) is 18.9 Å². The molecular weight excluding hydrogens is 267 g/mol. The molecule has 100 valence electrons. The van der Waals surface area contributed by atoms with Crippen LogP contribution in [0.2, 0.25) is 0 Å². The van der Waals surface area contributed by atoms with Gasteiger partial charge in [-0.3, -0.25) is 4.79 Å². The number of para-hydroxylation sites is 1. The van der Waals surface area contributed by atoms with E-state index < -0.39 is 5.82 Å². The fourth-order valence-electron chi connectivity index (χ4n) is 1.69. The number of carbonyl (C=O) groups is 1. The summed E-state index contributed by atoms with van der Waals surface area (Å²) in [6.45, 7) is 1.53. The molecule has 1 aliphatic rings. The van der Waals surface area contributed by atoms with Crippen LogP contribution in [0.4, 0.5) is 4.39 Å². The van der Waals surface area contributed by atoms with E-state index in [1.165, 1.54) is 31.9 Å². The van der Waals surface area contributed by atoms with Crippen LogP contribution in [0.25, 0.3) is 0 Å². The van der Waals surface area contributed by atoms with Crippen molar-refractivity contribution in [3.8, 4) is 5.75 Å². The number of benzene rings is 1. The maximum Gasteiger partial charge on any atom is 0.165 e. The number of hydrogen-bond acceptors (Lipinski definition) is 5. The first-order valence-corrected chi connectivity index (χ1v) is 6.69. The minimum atomic E-state index is -0.424. The molecular formula is C13H13FN2O2S. The SMILES string of the molecule is COc1c(F)cccc1C1=NN=C(SCC(C)=O)C1. The zero-order chi connectivity index (χ0) is 13.8. The Kier molecular flexibility index (Phi) is 4.31. The van der Waals surface area contributed by atoms with E-state index in [1.807, 2.05) is 0 Å². The van der Waals surface area contributed by atoms with Gasteiger partial charge in [0, 0.05) is 12.0 Å². The predicted octanol–water partition coefficient (Wildman–Crippen LogP) is 2.66. The highest BCUT2D eigenvalue weighted by Gasteiger charge is 2.20. The number of thioether (sulfide) groups is 1. The Morgan fingerprint density at radius 3 is 2.95 bits per heavy atom. The second-order valence-corrected chi connectivity index (χ2v) is 5.08. The molecule has 0 amide bonds. The van der Waals surface area contributed by atoms with Crippen molar-refractivity contribution in [2.75, 3.05) is 12.9 Å². The summed E-state index contributed by atoms with van der Waals surface area (Å²) >= 11 is 1.36. The molecule has 1 aromatic rings. The second kappa shape index (κ2) is 5.97. The summed E-state index contributed by atoms with van der Waals surface area (Å²) in [7, 11) is 1.42. The number of ketones is 1. The molecule has 0 bridgehead atoms. The molecule has 1 aliphatic heterocycles. The zero-order valence-electron chi connectivity index (χ0n) is 10.6. The lowest BCUT2D eigenvalue weighted by Crippen LogP contribution is -2.06. The maximum absolute atomic E-state index is 13.6. The van der Waals surface area contributed by atoms with Gasteiger partial charge in [-0.1, -0.05) is 6.07 Å². The summed E-state index contributed by atoms with van der Waals surface area (Å²) in [4.78, 5) is 10.9. The van der Waals surface area contributed by atoms with Crippen LogP contribution < -0.4 is 4.74 Å². The summed E-state index contributed by atoms with van der Waals surface area (Å²) in [5, 5.41) is 8.81. The van der Waals surface area contributed by atoms with Crippen LogP contribution in [0.3, 0.4) is 0 Å². The largest absolute Gasteiger partial charge is 0.493 e. The number of rotatable bonds is 4. The third kappa shape index (κ3) is 3.20. The Morgan fingerprint density at radius 2 is 2.26 bits per heavy atom. The fraction of sp³-hybridized carbons (Fsp3) is 0.308. The van der Waals surface area contributed by atoms with E-state index in [0.717, 1.165) is 5.04 Å². The molecule has 0 saturated carbocycles. The Morgan fingerprint density at radius 1 is 1.47 bits per heavy atom. The van der Waals surface area contributed by atoms with E-state index >= 15 is 0 Å². The van der Waals surface area contributed by atoms with E-state index in [4.69, 9.17) is 4.74 Å². The van der Waals surface area contributed by atoms with Crippen molar-refractivity contribution in [2.24, 2.45) is 10.2 Å². The number of halogens is 1. The average molecular weight is 280 g/mol. The first-order chi connectivity index (χ1) is 9.11. The van der Waals surface area contributed by atoms with Gasteiger partial charge < -0.3 is 4.74 Å². The summed E-state index contributed by atoms with van der Waals surface area (Å²) < 4.78 is 18.6. The van der Waals surface area contributed by atoms with E-state index in [2.05, 4.69) is 10.2 Å². The van der Waals surface area contributed by atoms with Crippen molar-refractivity contribution in [1.29, 1.82) is 0 Å². The fourth-order valence-corrected chi connectivity index (χ4v) is 2.39. The van der Waals surface area contributed by atoms with Gasteiger partial charge in [-0.25, -0.2) is 4.39 Å². The second-order valence-electron chi connectivity index (χ2n) is 4.03. The summed E-state index contributed by atoms with van der Waals surface area (Å²) in [5.74, 6) is 0.216. The predicted molar refractivity (Wildman–Crippen MR) is 74.7 cm³/mol. The molecule has 2 rings (SSSR count). The van der Waals surface area contributed by atoms with Crippen molar-refractivity contribution in [3.63, 3.8) is 0 Å². The standard InChI is InChI=1S/C13H13FN2O2S/c1-8(17)7-19-12-6-11(15-16-12)9-4-3-5-10(14)13(9)18-2/h3-5H,6-7H2,1-2H3. The Labute approximate surface area is 114 Å². The van der Waals surface area contributed by atoms with Crippen LogP contribution in [-0.2, 0) is 4.79 Å². The molecule has 1 heterocycles. The van der Waals surface area contributed by atoms with Gasteiger partial charge in [0.1, 0.15) is 10.8 Å². The zero-order valence-corrected chi connectivity index (χ0v) is 11.5. The van der Waals surface area contributed by atoms with Crippen LogP contribution in [0.5, 0.6) is 5.75 Å². The molecule has 0 saturated heterocycles. The van der Waals surface area contributed by atoms with Gasteiger partial charge in [0.25, 0.3) is 0 Å². The molecule has 19 heavy (non-hydrogen) atoms. The number of hydrogen-bond donors (Lipinski definition) is 0. The lowest BCUT2D eigenvalue weighted by molar-refractivity contribution is -0.114. The highest BCUT2D eigenvalue weighted by Crippen LogP contribution is 2.27. The first kappa shape index (κ1) is 13.7. The topological polar surface area (TPSA) is 51.0 Å². The molecule has 0 N–H and O–H groups in total. The smallest absolute Gasteiger partial charge is 0.165 e. The van der Waals surface area contributed by atoms with Crippen molar-refractivity contribution in [3.05, 3.63) is 29.6 Å². The molecule has 0 aliphatic carbocycles. The Bertz CT molecular complexity index is 570. The van der Waals surface area contributed by atoms with Crippen molar-refractivity contribution in [2.45, 2.75) is 13.3 Å². The van der Waals surface area contributed by atoms with E-state index in [9.17, 15) is 9.18 Å².